The number of hydrogen-bond acceptors (Lipinski definition) is 6. The van der Waals surface area contributed by atoms with Gasteiger partial charge in [0.15, 0.2) is 11.6 Å². The van der Waals surface area contributed by atoms with Crippen LogP contribution in [0.15, 0.2) is 47.6 Å². The third kappa shape index (κ3) is 4.27. The van der Waals surface area contributed by atoms with Gasteiger partial charge in [-0.25, -0.2) is 4.39 Å². The summed E-state index contributed by atoms with van der Waals surface area (Å²) in [5.74, 6) is -0.636. The first-order chi connectivity index (χ1) is 12.7. The molecular weight excluding hydrogens is 340 g/mol. The van der Waals surface area contributed by atoms with Crippen LogP contribution in [0.5, 0.6) is 5.75 Å². The van der Waals surface area contributed by atoms with Crippen LogP contribution >= 0.6 is 0 Å². The van der Waals surface area contributed by atoms with Crippen molar-refractivity contribution in [3.63, 3.8) is 0 Å². The molecule has 0 fully saturated rings. The highest BCUT2D eigenvalue weighted by Crippen LogP contribution is 2.29. The quantitative estimate of drug-likeness (QED) is 0.423. The monoisotopic (exact) mass is 359 g/mol. The summed E-state index contributed by atoms with van der Waals surface area (Å²) >= 11 is 0. The summed E-state index contributed by atoms with van der Waals surface area (Å²) in [5, 5.41) is 12.8. The lowest BCUT2D eigenvalue weighted by Gasteiger charge is -2.12. The second-order valence-electron chi connectivity index (χ2n) is 5.91. The molecule has 0 aliphatic carbocycles. The summed E-state index contributed by atoms with van der Waals surface area (Å²) < 4.78 is 30.5. The molecule has 3 rings (SSSR count). The molecule has 1 heterocycles. The number of benzene rings is 2. The lowest BCUT2D eigenvalue weighted by molar-refractivity contribution is 0.107. The third-order valence-electron chi connectivity index (χ3n) is 4.10. The lowest BCUT2D eigenvalue weighted by atomic mass is 9.78. The van der Waals surface area contributed by atoms with E-state index in [1.807, 2.05) is 30.3 Å². The normalized spacial score (nSPS) is 15.8. The summed E-state index contributed by atoms with van der Waals surface area (Å²) in [6.45, 7) is 1.04. The zero-order chi connectivity index (χ0) is 18.4. The molecule has 8 heteroatoms. The standard InChI is InChI=1S/C18H19BFNO5/c20-15-8-7-14-16(11-21-23)26-19(22)17(14)18(15)25-10-4-9-24-12-13-5-2-1-3-6-13/h1-3,5-8,16,22H,4,9-12H2. The smallest absolute Gasteiger partial charge is 0.491 e. The minimum Gasteiger partial charge on any atom is -0.491 e. The van der Waals surface area contributed by atoms with Gasteiger partial charge >= 0.3 is 7.12 Å². The van der Waals surface area contributed by atoms with Crippen molar-refractivity contribution in [2.75, 3.05) is 19.8 Å². The van der Waals surface area contributed by atoms with Crippen LogP contribution < -0.4 is 10.2 Å². The van der Waals surface area contributed by atoms with Gasteiger partial charge in [0.05, 0.1) is 25.9 Å². The van der Waals surface area contributed by atoms with Crippen molar-refractivity contribution < 1.29 is 23.5 Å². The fraction of sp³-hybridized carbons (Fsp3) is 0.333. The first-order valence-corrected chi connectivity index (χ1v) is 8.40. The molecule has 0 saturated heterocycles. The van der Waals surface area contributed by atoms with Gasteiger partial charge in [-0.2, -0.15) is 4.91 Å². The second kappa shape index (κ2) is 8.89. The highest BCUT2D eigenvalue weighted by Gasteiger charge is 2.39. The Balaban J connectivity index is 1.53. The fourth-order valence-electron chi connectivity index (χ4n) is 2.88. The highest BCUT2D eigenvalue weighted by atomic mass is 19.1. The summed E-state index contributed by atoms with van der Waals surface area (Å²) in [5.41, 5.74) is 1.83. The Morgan fingerprint density at radius 1 is 1.19 bits per heavy atom. The van der Waals surface area contributed by atoms with Gasteiger partial charge in [-0.15, -0.1) is 0 Å². The topological polar surface area (TPSA) is 77.4 Å². The zero-order valence-corrected chi connectivity index (χ0v) is 14.1. The summed E-state index contributed by atoms with van der Waals surface area (Å²) in [4.78, 5) is 10.5. The van der Waals surface area contributed by atoms with Gasteiger partial charge in [0.1, 0.15) is 6.54 Å². The largest absolute Gasteiger partial charge is 0.495 e. The van der Waals surface area contributed by atoms with Gasteiger partial charge < -0.3 is 19.2 Å². The molecule has 6 nitrogen and oxygen atoms in total. The van der Waals surface area contributed by atoms with Gasteiger partial charge in [-0.1, -0.05) is 41.6 Å². The van der Waals surface area contributed by atoms with Crippen LogP contribution in [0, 0.1) is 10.7 Å². The molecule has 1 aliphatic rings. The number of rotatable bonds is 9. The number of halogens is 1. The Labute approximate surface area is 151 Å². The Morgan fingerprint density at radius 3 is 2.77 bits per heavy atom. The predicted molar refractivity (Wildman–Crippen MR) is 94.7 cm³/mol. The van der Waals surface area contributed by atoms with Crippen LogP contribution in [0.3, 0.4) is 0 Å². The molecule has 1 aliphatic heterocycles. The van der Waals surface area contributed by atoms with E-state index in [1.165, 1.54) is 12.1 Å². The molecule has 1 unspecified atom stereocenters. The van der Waals surface area contributed by atoms with Gasteiger partial charge in [-0.3, -0.25) is 0 Å². The number of fused-ring (bicyclic) bond motifs is 1. The van der Waals surface area contributed by atoms with E-state index in [-0.39, 0.29) is 24.4 Å². The molecule has 26 heavy (non-hydrogen) atoms. The molecule has 0 amide bonds. The van der Waals surface area contributed by atoms with Crippen LogP contribution in [0.1, 0.15) is 23.7 Å². The van der Waals surface area contributed by atoms with E-state index in [0.29, 0.717) is 25.2 Å². The highest BCUT2D eigenvalue weighted by molar-refractivity contribution is 6.62. The number of nitroso groups, excluding NO2 is 1. The van der Waals surface area contributed by atoms with Crippen molar-refractivity contribution in [3.8, 4) is 5.75 Å². The molecule has 0 saturated carbocycles. The molecule has 136 valence electrons. The van der Waals surface area contributed by atoms with Gasteiger partial charge in [0.2, 0.25) is 0 Å². The van der Waals surface area contributed by atoms with E-state index in [2.05, 4.69) is 5.18 Å². The number of hydrogen-bond donors (Lipinski definition) is 1. The van der Waals surface area contributed by atoms with Crippen LogP contribution in [0.4, 0.5) is 4.39 Å². The van der Waals surface area contributed by atoms with Gasteiger partial charge in [0, 0.05) is 11.9 Å². The van der Waals surface area contributed by atoms with Crippen LogP contribution in [-0.4, -0.2) is 31.9 Å². The van der Waals surface area contributed by atoms with Crippen molar-refractivity contribution in [1.29, 1.82) is 0 Å². The minimum absolute atomic E-state index is 0.0496. The number of nitrogens with zero attached hydrogens (tertiary/aromatic N) is 1. The van der Waals surface area contributed by atoms with E-state index >= 15 is 0 Å². The van der Waals surface area contributed by atoms with Crippen LogP contribution in [-0.2, 0) is 16.0 Å². The summed E-state index contributed by atoms with van der Waals surface area (Å²) in [7, 11) is -1.34. The summed E-state index contributed by atoms with van der Waals surface area (Å²) in [6.07, 6.45) is -0.124. The minimum atomic E-state index is -1.34. The maximum Gasteiger partial charge on any atom is 0.495 e. The second-order valence-corrected chi connectivity index (χ2v) is 5.91. The average Bonchev–Trinajstić information content (AvgIpc) is 2.96. The summed E-state index contributed by atoms with van der Waals surface area (Å²) in [6, 6.07) is 12.5. The molecular formula is C18H19BFNO5. The zero-order valence-electron chi connectivity index (χ0n) is 14.1. The van der Waals surface area contributed by atoms with E-state index in [0.717, 1.165) is 5.56 Å². The first-order valence-electron chi connectivity index (χ1n) is 8.40. The first kappa shape index (κ1) is 18.5. The Kier molecular flexibility index (Phi) is 6.33. The van der Waals surface area contributed by atoms with Crippen molar-refractivity contribution >= 4 is 12.6 Å². The SMILES string of the molecule is O=NCC1OB(O)c2c1ccc(F)c2OCCCOCc1ccccc1. The molecule has 2 aromatic carbocycles. The molecule has 0 spiro atoms. The molecule has 1 N–H and O–H groups in total. The predicted octanol–water partition coefficient (Wildman–Crippen LogP) is 2.34. The Morgan fingerprint density at radius 2 is 2.00 bits per heavy atom. The maximum absolute atomic E-state index is 14.1. The van der Waals surface area contributed by atoms with Crippen LogP contribution in [0.2, 0.25) is 0 Å². The van der Waals surface area contributed by atoms with Crippen LogP contribution in [0.25, 0.3) is 0 Å². The van der Waals surface area contributed by atoms with Crippen molar-refractivity contribution in [2.24, 2.45) is 5.18 Å². The molecule has 0 radical (unpaired) electrons. The average molecular weight is 359 g/mol. The molecule has 0 aromatic heterocycles. The van der Waals surface area contributed by atoms with E-state index < -0.39 is 19.0 Å². The third-order valence-corrected chi connectivity index (χ3v) is 4.10. The van der Waals surface area contributed by atoms with Crippen molar-refractivity contribution in [1.82, 2.24) is 0 Å². The lowest BCUT2D eigenvalue weighted by Crippen LogP contribution is -2.31. The molecule has 2 aromatic rings. The van der Waals surface area contributed by atoms with Crippen molar-refractivity contribution in [2.45, 2.75) is 19.1 Å². The Hall–Kier alpha value is -2.29. The van der Waals surface area contributed by atoms with Crippen molar-refractivity contribution in [3.05, 3.63) is 64.3 Å². The van der Waals surface area contributed by atoms with Gasteiger partial charge in [-0.05, 0) is 17.2 Å². The Bertz CT molecular complexity index is 746. The molecule has 1 atom stereocenters. The van der Waals surface area contributed by atoms with E-state index in [9.17, 15) is 14.3 Å². The van der Waals surface area contributed by atoms with Gasteiger partial charge in [0.25, 0.3) is 0 Å². The fourth-order valence-corrected chi connectivity index (χ4v) is 2.88. The maximum atomic E-state index is 14.1. The number of ether oxygens (including phenoxy) is 2. The van der Waals surface area contributed by atoms with E-state index in [1.54, 1.807) is 0 Å². The molecule has 0 bridgehead atoms. The van der Waals surface area contributed by atoms with E-state index in [4.69, 9.17) is 14.1 Å².